The molecule has 0 spiro atoms. The van der Waals surface area contributed by atoms with Crippen LogP contribution in [0, 0.1) is 13.8 Å². The zero-order valence-electron chi connectivity index (χ0n) is 14.3. The first-order valence-electron chi connectivity index (χ1n) is 8.06. The highest BCUT2D eigenvalue weighted by atomic mass is 16.1. The second-order valence-corrected chi connectivity index (χ2v) is 5.66. The summed E-state index contributed by atoms with van der Waals surface area (Å²) in [5.41, 5.74) is 4.36. The second kappa shape index (κ2) is 6.38. The number of aromatic nitrogens is 6. The van der Waals surface area contributed by atoms with Crippen molar-refractivity contribution in [1.82, 2.24) is 29.8 Å². The molecule has 0 atom stereocenters. The van der Waals surface area contributed by atoms with Crippen LogP contribution >= 0.6 is 0 Å². The predicted octanol–water partition coefficient (Wildman–Crippen LogP) is 1.56. The minimum absolute atomic E-state index is 0.158. The number of rotatable bonds is 5. The van der Waals surface area contributed by atoms with Crippen molar-refractivity contribution in [3.05, 3.63) is 44.8 Å². The number of nitrogens with one attached hydrogen (secondary N) is 2. The second-order valence-electron chi connectivity index (χ2n) is 5.66. The molecule has 0 radical (unpaired) electrons. The summed E-state index contributed by atoms with van der Waals surface area (Å²) >= 11 is 0. The molecule has 3 aromatic heterocycles. The van der Waals surface area contributed by atoms with Gasteiger partial charge < -0.3 is 5.32 Å². The van der Waals surface area contributed by atoms with E-state index in [1.54, 1.807) is 4.52 Å². The molecule has 0 aromatic carbocycles. The molecule has 0 saturated carbocycles. The molecule has 3 rings (SSSR count). The number of nitrogens with zero attached hydrogens (tertiary/aromatic N) is 5. The molecule has 126 valence electrons. The Balaban J connectivity index is 2.02. The fourth-order valence-corrected chi connectivity index (χ4v) is 2.87. The van der Waals surface area contributed by atoms with E-state index in [4.69, 9.17) is 0 Å². The molecule has 0 aliphatic carbocycles. The predicted molar refractivity (Wildman–Crippen MR) is 91.2 cm³/mol. The van der Waals surface area contributed by atoms with Crippen LogP contribution in [0.4, 0.5) is 5.82 Å². The Morgan fingerprint density at radius 3 is 2.71 bits per heavy atom. The topological polar surface area (TPSA) is 101 Å². The first-order chi connectivity index (χ1) is 11.6. The molecular formula is C16H21N7O. The van der Waals surface area contributed by atoms with E-state index in [2.05, 4.69) is 30.6 Å². The van der Waals surface area contributed by atoms with E-state index in [9.17, 15) is 4.79 Å². The smallest absolute Gasteiger partial charge is 0.269 e. The standard InChI is InChI=1S/C16H21N7O/c1-5-11-12(15(24)22-21-13(11)6-2)7-17-14-9(3)10(4)20-16-18-8-19-23(14)16/h8,17H,5-7H2,1-4H3,(H,22,24). The molecule has 8 heteroatoms. The lowest BCUT2D eigenvalue weighted by molar-refractivity contribution is 0.821. The lowest BCUT2D eigenvalue weighted by Crippen LogP contribution is -2.23. The molecule has 24 heavy (non-hydrogen) atoms. The lowest BCUT2D eigenvalue weighted by Gasteiger charge is -2.15. The molecular weight excluding hydrogens is 306 g/mol. The van der Waals surface area contributed by atoms with Crippen molar-refractivity contribution in [2.45, 2.75) is 47.1 Å². The van der Waals surface area contributed by atoms with Gasteiger partial charge in [0.15, 0.2) is 0 Å². The summed E-state index contributed by atoms with van der Waals surface area (Å²) in [4.78, 5) is 20.8. The van der Waals surface area contributed by atoms with Gasteiger partial charge in [0, 0.05) is 23.4 Å². The Morgan fingerprint density at radius 2 is 2.00 bits per heavy atom. The third-order valence-corrected chi connectivity index (χ3v) is 4.31. The Hall–Kier alpha value is -2.77. The van der Waals surface area contributed by atoms with E-state index in [0.717, 1.165) is 41.2 Å². The van der Waals surface area contributed by atoms with E-state index < -0.39 is 0 Å². The van der Waals surface area contributed by atoms with Crippen molar-refractivity contribution in [2.75, 3.05) is 5.32 Å². The normalized spacial score (nSPS) is 11.2. The summed E-state index contributed by atoms with van der Waals surface area (Å²) < 4.78 is 1.66. The van der Waals surface area contributed by atoms with Gasteiger partial charge in [0.1, 0.15) is 12.1 Å². The maximum absolute atomic E-state index is 12.2. The Morgan fingerprint density at radius 1 is 1.21 bits per heavy atom. The zero-order chi connectivity index (χ0) is 17.3. The SMILES string of the molecule is CCc1n[nH]c(=O)c(CNc2c(C)c(C)nc3ncnn23)c1CC. The van der Waals surface area contributed by atoms with E-state index in [-0.39, 0.29) is 5.56 Å². The Bertz CT molecular complexity index is 941. The third-order valence-electron chi connectivity index (χ3n) is 4.31. The molecule has 0 aliphatic rings. The fraction of sp³-hybridized carbons (Fsp3) is 0.438. The van der Waals surface area contributed by atoms with Crippen LogP contribution in [0.15, 0.2) is 11.1 Å². The van der Waals surface area contributed by atoms with Crippen molar-refractivity contribution < 1.29 is 0 Å². The van der Waals surface area contributed by atoms with Crippen LogP contribution in [0.3, 0.4) is 0 Å². The van der Waals surface area contributed by atoms with Crippen LogP contribution in [0.2, 0.25) is 0 Å². The highest BCUT2D eigenvalue weighted by Gasteiger charge is 2.15. The van der Waals surface area contributed by atoms with Gasteiger partial charge in [-0.3, -0.25) is 4.79 Å². The van der Waals surface area contributed by atoms with Crippen molar-refractivity contribution >= 4 is 11.6 Å². The lowest BCUT2D eigenvalue weighted by atomic mass is 10.0. The number of anilines is 1. The van der Waals surface area contributed by atoms with Crippen LogP contribution in [0.25, 0.3) is 5.78 Å². The van der Waals surface area contributed by atoms with E-state index in [1.165, 1.54) is 6.33 Å². The molecule has 0 fully saturated rings. The molecule has 2 N–H and O–H groups in total. The number of hydrogen-bond acceptors (Lipinski definition) is 6. The minimum Gasteiger partial charge on any atom is -0.365 e. The van der Waals surface area contributed by atoms with E-state index in [1.807, 2.05) is 27.7 Å². The molecule has 0 bridgehead atoms. The minimum atomic E-state index is -0.158. The maximum Gasteiger partial charge on any atom is 0.269 e. The van der Waals surface area contributed by atoms with Gasteiger partial charge >= 0.3 is 0 Å². The Labute approximate surface area is 139 Å². The van der Waals surface area contributed by atoms with Crippen molar-refractivity contribution in [1.29, 1.82) is 0 Å². The number of H-pyrrole nitrogens is 1. The molecule has 0 aliphatic heterocycles. The first-order valence-corrected chi connectivity index (χ1v) is 8.06. The molecule has 0 saturated heterocycles. The van der Waals surface area contributed by atoms with Crippen molar-refractivity contribution in [3.8, 4) is 0 Å². The van der Waals surface area contributed by atoms with Gasteiger partial charge in [-0.2, -0.15) is 19.7 Å². The van der Waals surface area contributed by atoms with Gasteiger partial charge in [0.2, 0.25) is 0 Å². The van der Waals surface area contributed by atoms with Gasteiger partial charge in [-0.15, -0.1) is 0 Å². The van der Waals surface area contributed by atoms with E-state index >= 15 is 0 Å². The number of aryl methyl sites for hydroxylation is 2. The summed E-state index contributed by atoms with van der Waals surface area (Å²) in [6, 6.07) is 0. The molecule has 8 nitrogen and oxygen atoms in total. The monoisotopic (exact) mass is 327 g/mol. The van der Waals surface area contributed by atoms with Gasteiger partial charge in [-0.25, -0.2) is 10.1 Å². The van der Waals surface area contributed by atoms with Gasteiger partial charge in [0.25, 0.3) is 11.3 Å². The Kier molecular flexibility index (Phi) is 4.28. The summed E-state index contributed by atoms with van der Waals surface area (Å²) in [6.07, 6.45) is 3.02. The van der Waals surface area contributed by atoms with Crippen LogP contribution < -0.4 is 10.9 Å². The molecule has 0 unspecified atom stereocenters. The number of hydrogen-bond donors (Lipinski definition) is 2. The third kappa shape index (κ3) is 2.64. The quantitative estimate of drug-likeness (QED) is 0.737. The average molecular weight is 327 g/mol. The van der Waals surface area contributed by atoms with Crippen LogP contribution in [-0.4, -0.2) is 29.8 Å². The zero-order valence-corrected chi connectivity index (χ0v) is 14.3. The highest BCUT2D eigenvalue weighted by molar-refractivity contribution is 5.52. The summed E-state index contributed by atoms with van der Waals surface area (Å²) in [7, 11) is 0. The van der Waals surface area contributed by atoms with Gasteiger partial charge in [-0.05, 0) is 32.3 Å². The maximum atomic E-state index is 12.2. The molecule has 3 aromatic rings. The highest BCUT2D eigenvalue weighted by Crippen LogP contribution is 2.19. The number of fused-ring (bicyclic) bond motifs is 1. The average Bonchev–Trinajstić information content (AvgIpc) is 3.03. The van der Waals surface area contributed by atoms with Crippen LogP contribution in [-0.2, 0) is 19.4 Å². The summed E-state index contributed by atoms with van der Waals surface area (Å²) in [5.74, 6) is 1.33. The van der Waals surface area contributed by atoms with Gasteiger partial charge in [-0.1, -0.05) is 13.8 Å². The van der Waals surface area contributed by atoms with Gasteiger partial charge in [0.05, 0.1) is 5.69 Å². The molecule has 3 heterocycles. The fourth-order valence-electron chi connectivity index (χ4n) is 2.87. The summed E-state index contributed by atoms with van der Waals surface area (Å²) in [6.45, 7) is 8.37. The van der Waals surface area contributed by atoms with Crippen LogP contribution in [0.1, 0.15) is 41.9 Å². The molecule has 0 amide bonds. The van der Waals surface area contributed by atoms with E-state index in [0.29, 0.717) is 17.9 Å². The van der Waals surface area contributed by atoms with Crippen molar-refractivity contribution in [3.63, 3.8) is 0 Å². The largest absolute Gasteiger partial charge is 0.365 e. The number of aromatic amines is 1. The van der Waals surface area contributed by atoms with Crippen molar-refractivity contribution in [2.24, 2.45) is 0 Å². The van der Waals surface area contributed by atoms with Crippen LogP contribution in [0.5, 0.6) is 0 Å². The summed E-state index contributed by atoms with van der Waals surface area (Å²) in [5, 5.41) is 14.3. The first kappa shape index (κ1) is 16.1.